The van der Waals surface area contributed by atoms with Gasteiger partial charge in [-0.1, -0.05) is 22.5 Å². The van der Waals surface area contributed by atoms with Crippen molar-refractivity contribution in [3.05, 3.63) is 46.3 Å². The van der Waals surface area contributed by atoms with E-state index in [0.29, 0.717) is 10.0 Å². The first kappa shape index (κ1) is 14.7. The summed E-state index contributed by atoms with van der Waals surface area (Å²) in [5.41, 5.74) is 0.531. The number of benzene rings is 1. The fraction of sp³-hybridized carbons (Fsp3) is 0.286. The lowest BCUT2D eigenvalue weighted by Gasteiger charge is -2.31. The number of rotatable bonds is 2. The van der Waals surface area contributed by atoms with Gasteiger partial charge in [0.15, 0.2) is 0 Å². The largest absolute Gasteiger partial charge is 0.468 e. The van der Waals surface area contributed by atoms with E-state index in [9.17, 15) is 14.0 Å². The van der Waals surface area contributed by atoms with Crippen molar-refractivity contribution >= 4 is 27.8 Å². The zero-order chi connectivity index (χ0) is 14.9. The summed E-state index contributed by atoms with van der Waals surface area (Å²) in [6.07, 6.45) is 0.00611. The fourth-order valence-electron chi connectivity index (χ4n) is 2.39. The molecule has 1 aliphatic heterocycles. The molecule has 4 nitrogen and oxygen atoms in total. The topological polar surface area (TPSA) is 55.4 Å². The molecule has 2 atom stereocenters. The number of carbonyl (C=O) groups is 2. The SMILES string of the molecule is C=C1NC(=O)CC(c2cc(Br)ccc2F)C1C(=O)OC. The van der Waals surface area contributed by atoms with Crippen molar-refractivity contribution in [3.8, 4) is 0 Å². The minimum Gasteiger partial charge on any atom is -0.468 e. The number of nitrogens with one attached hydrogen (secondary N) is 1. The van der Waals surface area contributed by atoms with E-state index in [1.54, 1.807) is 12.1 Å². The number of hydrogen-bond donors (Lipinski definition) is 1. The molecule has 0 aromatic heterocycles. The molecule has 1 aromatic carbocycles. The Labute approximate surface area is 124 Å². The molecule has 1 amide bonds. The smallest absolute Gasteiger partial charge is 0.315 e. The summed E-state index contributed by atoms with van der Waals surface area (Å²) in [5, 5.41) is 2.51. The molecule has 106 valence electrons. The number of esters is 1. The zero-order valence-corrected chi connectivity index (χ0v) is 12.4. The van der Waals surface area contributed by atoms with Crippen LogP contribution in [-0.2, 0) is 14.3 Å². The van der Waals surface area contributed by atoms with Crippen molar-refractivity contribution < 1.29 is 18.7 Å². The lowest BCUT2D eigenvalue weighted by molar-refractivity contribution is -0.146. The highest BCUT2D eigenvalue weighted by Gasteiger charge is 2.40. The van der Waals surface area contributed by atoms with Gasteiger partial charge < -0.3 is 10.1 Å². The van der Waals surface area contributed by atoms with Gasteiger partial charge >= 0.3 is 5.97 Å². The summed E-state index contributed by atoms with van der Waals surface area (Å²) in [7, 11) is 1.25. The minimum absolute atomic E-state index is 0.00611. The van der Waals surface area contributed by atoms with Crippen LogP contribution < -0.4 is 5.32 Å². The molecule has 0 spiro atoms. The number of carbonyl (C=O) groups excluding carboxylic acids is 2. The molecule has 1 N–H and O–H groups in total. The van der Waals surface area contributed by atoms with E-state index in [1.165, 1.54) is 13.2 Å². The third-order valence-electron chi connectivity index (χ3n) is 3.30. The van der Waals surface area contributed by atoms with Crippen LogP contribution in [0.15, 0.2) is 34.9 Å². The quantitative estimate of drug-likeness (QED) is 0.841. The summed E-state index contributed by atoms with van der Waals surface area (Å²) in [6.45, 7) is 3.68. The molecule has 1 saturated heterocycles. The first-order chi connectivity index (χ1) is 9.43. The van der Waals surface area contributed by atoms with E-state index < -0.39 is 23.6 Å². The van der Waals surface area contributed by atoms with Crippen LogP contribution in [0.1, 0.15) is 17.9 Å². The van der Waals surface area contributed by atoms with E-state index >= 15 is 0 Å². The van der Waals surface area contributed by atoms with Crippen molar-refractivity contribution in [3.63, 3.8) is 0 Å². The normalized spacial score (nSPS) is 22.4. The summed E-state index contributed by atoms with van der Waals surface area (Å²) in [6, 6.07) is 4.43. The van der Waals surface area contributed by atoms with Crippen LogP contribution in [0.5, 0.6) is 0 Å². The van der Waals surface area contributed by atoms with E-state index in [0.717, 1.165) is 0 Å². The summed E-state index contributed by atoms with van der Waals surface area (Å²) >= 11 is 3.26. The summed E-state index contributed by atoms with van der Waals surface area (Å²) < 4.78 is 19.4. The van der Waals surface area contributed by atoms with Crippen molar-refractivity contribution in [2.75, 3.05) is 7.11 Å². The Kier molecular flexibility index (Phi) is 4.23. The zero-order valence-electron chi connectivity index (χ0n) is 10.8. The molecule has 0 radical (unpaired) electrons. The molecule has 2 unspecified atom stereocenters. The highest BCUT2D eigenvalue weighted by molar-refractivity contribution is 9.10. The monoisotopic (exact) mass is 341 g/mol. The van der Waals surface area contributed by atoms with Crippen LogP contribution >= 0.6 is 15.9 Å². The molecule has 1 heterocycles. The number of piperidine rings is 1. The van der Waals surface area contributed by atoms with Crippen molar-refractivity contribution in [2.24, 2.45) is 5.92 Å². The van der Waals surface area contributed by atoms with Gasteiger partial charge in [-0.05, 0) is 23.8 Å². The van der Waals surface area contributed by atoms with Gasteiger partial charge in [0, 0.05) is 22.5 Å². The minimum atomic E-state index is -0.790. The first-order valence-electron chi connectivity index (χ1n) is 5.95. The molecule has 20 heavy (non-hydrogen) atoms. The van der Waals surface area contributed by atoms with Crippen LogP contribution in [0.4, 0.5) is 4.39 Å². The predicted molar refractivity (Wildman–Crippen MR) is 74.2 cm³/mol. The molecule has 1 aliphatic rings. The molecule has 0 aliphatic carbocycles. The fourth-order valence-corrected chi connectivity index (χ4v) is 2.77. The van der Waals surface area contributed by atoms with Crippen LogP contribution in [0.25, 0.3) is 0 Å². The van der Waals surface area contributed by atoms with Crippen LogP contribution in [0, 0.1) is 11.7 Å². The maximum atomic E-state index is 14.0. The predicted octanol–water partition coefficient (Wildman–Crippen LogP) is 2.49. The molecule has 6 heteroatoms. The number of halogens is 2. The van der Waals surface area contributed by atoms with E-state index in [-0.39, 0.29) is 18.0 Å². The standard InChI is InChI=1S/C14H13BrFNO3/c1-7-13(14(19)20-2)10(6-12(18)17-7)9-5-8(15)3-4-11(9)16/h3-5,10,13H,1,6H2,2H3,(H,17,18). The molecular formula is C14H13BrFNO3. The Morgan fingerprint density at radius 1 is 1.55 bits per heavy atom. The van der Waals surface area contributed by atoms with E-state index in [2.05, 4.69) is 27.8 Å². The van der Waals surface area contributed by atoms with Gasteiger partial charge in [0.05, 0.1) is 7.11 Å². The third kappa shape index (κ3) is 2.75. The Morgan fingerprint density at radius 2 is 2.25 bits per heavy atom. The van der Waals surface area contributed by atoms with Crippen LogP contribution in [-0.4, -0.2) is 19.0 Å². The van der Waals surface area contributed by atoms with Crippen molar-refractivity contribution in [1.82, 2.24) is 5.32 Å². The number of ether oxygens (including phenoxy) is 1. The molecule has 1 fully saturated rings. The Hall–Kier alpha value is -1.69. The second-order valence-corrected chi connectivity index (χ2v) is 5.47. The van der Waals surface area contributed by atoms with E-state index in [4.69, 9.17) is 4.74 Å². The number of hydrogen-bond acceptors (Lipinski definition) is 3. The third-order valence-corrected chi connectivity index (χ3v) is 3.79. The number of methoxy groups -OCH3 is 1. The van der Waals surface area contributed by atoms with Crippen molar-refractivity contribution in [1.29, 1.82) is 0 Å². The highest BCUT2D eigenvalue weighted by Crippen LogP contribution is 2.38. The summed E-state index contributed by atoms with van der Waals surface area (Å²) in [4.78, 5) is 23.5. The average Bonchev–Trinajstić information content (AvgIpc) is 2.40. The molecular weight excluding hydrogens is 329 g/mol. The van der Waals surface area contributed by atoms with Crippen LogP contribution in [0.2, 0.25) is 0 Å². The second-order valence-electron chi connectivity index (χ2n) is 4.55. The molecule has 0 saturated carbocycles. The van der Waals surface area contributed by atoms with Gasteiger partial charge in [-0.3, -0.25) is 9.59 Å². The first-order valence-corrected chi connectivity index (χ1v) is 6.74. The second kappa shape index (κ2) is 5.75. The average molecular weight is 342 g/mol. The van der Waals surface area contributed by atoms with Gasteiger partial charge in [0.25, 0.3) is 0 Å². The molecule has 2 rings (SSSR count). The summed E-state index contributed by atoms with van der Waals surface area (Å²) in [5.74, 6) is -2.71. The molecule has 1 aromatic rings. The van der Waals surface area contributed by atoms with Gasteiger partial charge in [-0.15, -0.1) is 0 Å². The highest BCUT2D eigenvalue weighted by atomic mass is 79.9. The lowest BCUT2D eigenvalue weighted by atomic mass is 9.79. The lowest BCUT2D eigenvalue weighted by Crippen LogP contribution is -2.41. The Morgan fingerprint density at radius 3 is 2.90 bits per heavy atom. The Balaban J connectivity index is 2.48. The maximum absolute atomic E-state index is 14.0. The maximum Gasteiger partial charge on any atom is 0.315 e. The van der Waals surface area contributed by atoms with E-state index in [1.807, 2.05) is 0 Å². The Bertz CT molecular complexity index is 588. The van der Waals surface area contributed by atoms with Crippen LogP contribution in [0.3, 0.4) is 0 Å². The van der Waals surface area contributed by atoms with Gasteiger partial charge in [0.1, 0.15) is 11.7 Å². The van der Waals surface area contributed by atoms with Gasteiger partial charge in [0.2, 0.25) is 5.91 Å². The number of amides is 1. The molecule has 0 bridgehead atoms. The van der Waals surface area contributed by atoms with Gasteiger partial charge in [-0.25, -0.2) is 4.39 Å². The van der Waals surface area contributed by atoms with Crippen molar-refractivity contribution in [2.45, 2.75) is 12.3 Å². The van der Waals surface area contributed by atoms with Gasteiger partial charge in [-0.2, -0.15) is 0 Å².